The summed E-state index contributed by atoms with van der Waals surface area (Å²) >= 11 is 12.1. The number of piperidine rings is 1. The zero-order valence-corrected chi connectivity index (χ0v) is 23.6. The van der Waals surface area contributed by atoms with Crippen molar-refractivity contribution in [2.24, 2.45) is 0 Å². The number of aromatic amines is 1. The number of carbonyl (C=O) groups excluding carboxylic acids is 1. The van der Waals surface area contributed by atoms with Gasteiger partial charge in [-0.3, -0.25) is 4.79 Å². The van der Waals surface area contributed by atoms with Crippen LogP contribution in [0.25, 0.3) is 17.0 Å². The Bertz CT molecular complexity index is 1410. The number of rotatable bonds is 10. The average Bonchev–Trinajstić information content (AvgIpc) is 3.40. The van der Waals surface area contributed by atoms with E-state index in [0.717, 1.165) is 38.0 Å². The minimum atomic E-state index is -0.110. The Balaban J connectivity index is 1.11. The molecule has 4 aromatic rings. The molecule has 2 heterocycles. The van der Waals surface area contributed by atoms with E-state index < -0.39 is 0 Å². The molecule has 4 nitrogen and oxygen atoms in total. The van der Waals surface area contributed by atoms with Crippen LogP contribution in [0.15, 0.2) is 85.1 Å². The molecular formula is C33H35Cl2N3O. The normalized spacial score (nSPS) is 15.6. The van der Waals surface area contributed by atoms with Gasteiger partial charge in [0, 0.05) is 35.6 Å². The molecule has 1 saturated heterocycles. The quantitative estimate of drug-likeness (QED) is 0.193. The summed E-state index contributed by atoms with van der Waals surface area (Å²) < 4.78 is 0. The summed E-state index contributed by atoms with van der Waals surface area (Å²) in [5, 5.41) is 5.45. The average molecular weight is 561 g/mol. The molecule has 0 spiro atoms. The highest BCUT2D eigenvalue weighted by atomic mass is 35.5. The molecule has 6 heteroatoms. The zero-order chi connectivity index (χ0) is 27.0. The predicted octanol–water partition coefficient (Wildman–Crippen LogP) is 8.05. The largest absolute Gasteiger partial charge is 0.361 e. The van der Waals surface area contributed by atoms with Gasteiger partial charge in [-0.25, -0.2) is 0 Å². The molecule has 1 aromatic heterocycles. The number of para-hydroxylation sites is 1. The van der Waals surface area contributed by atoms with Crippen LogP contribution in [0.5, 0.6) is 0 Å². The van der Waals surface area contributed by atoms with Gasteiger partial charge in [0.2, 0.25) is 5.91 Å². The fourth-order valence-electron chi connectivity index (χ4n) is 5.64. The van der Waals surface area contributed by atoms with E-state index in [1.807, 2.05) is 12.1 Å². The first-order valence-electron chi connectivity index (χ1n) is 13.8. The van der Waals surface area contributed by atoms with E-state index in [1.54, 1.807) is 24.3 Å². The Kier molecular flexibility index (Phi) is 9.41. The van der Waals surface area contributed by atoms with Gasteiger partial charge < -0.3 is 15.2 Å². The van der Waals surface area contributed by atoms with Gasteiger partial charge in [0.05, 0.1) is 10.0 Å². The molecule has 2 N–H and O–H groups in total. The molecule has 1 fully saturated rings. The van der Waals surface area contributed by atoms with Crippen LogP contribution in [0.2, 0.25) is 10.0 Å². The van der Waals surface area contributed by atoms with Gasteiger partial charge in [-0.05, 0) is 92.2 Å². The molecule has 0 bridgehead atoms. The number of hydrogen-bond acceptors (Lipinski definition) is 2. The summed E-state index contributed by atoms with van der Waals surface area (Å²) in [6.07, 6.45) is 10.1. The van der Waals surface area contributed by atoms with Crippen molar-refractivity contribution in [1.82, 2.24) is 15.2 Å². The number of halogens is 2. The van der Waals surface area contributed by atoms with Gasteiger partial charge in [0.15, 0.2) is 0 Å². The maximum Gasteiger partial charge on any atom is 0.244 e. The lowest BCUT2D eigenvalue weighted by molar-refractivity contribution is -0.116. The highest BCUT2D eigenvalue weighted by Gasteiger charge is 2.23. The second kappa shape index (κ2) is 13.3. The van der Waals surface area contributed by atoms with E-state index in [1.165, 1.54) is 34.9 Å². The van der Waals surface area contributed by atoms with Crippen LogP contribution in [0.4, 0.5) is 0 Å². The minimum absolute atomic E-state index is 0.110. The fourth-order valence-corrected chi connectivity index (χ4v) is 5.95. The van der Waals surface area contributed by atoms with Gasteiger partial charge in [0.25, 0.3) is 0 Å². The van der Waals surface area contributed by atoms with E-state index >= 15 is 0 Å². The van der Waals surface area contributed by atoms with Crippen molar-refractivity contribution in [3.63, 3.8) is 0 Å². The lowest BCUT2D eigenvalue weighted by Gasteiger charge is -2.32. The lowest BCUT2D eigenvalue weighted by atomic mass is 9.89. The second-order valence-corrected chi connectivity index (χ2v) is 11.2. The van der Waals surface area contributed by atoms with Gasteiger partial charge in [-0.1, -0.05) is 77.8 Å². The maximum absolute atomic E-state index is 12.6. The van der Waals surface area contributed by atoms with Gasteiger partial charge in [-0.2, -0.15) is 0 Å². The van der Waals surface area contributed by atoms with Crippen LogP contribution in [0.1, 0.15) is 54.2 Å². The second-order valence-electron chi connectivity index (χ2n) is 10.4. The van der Waals surface area contributed by atoms with Gasteiger partial charge in [-0.15, -0.1) is 0 Å². The Morgan fingerprint density at radius 1 is 1.00 bits per heavy atom. The molecule has 39 heavy (non-hydrogen) atoms. The summed E-state index contributed by atoms with van der Waals surface area (Å²) in [4.78, 5) is 18.6. The van der Waals surface area contributed by atoms with Gasteiger partial charge >= 0.3 is 0 Å². The lowest BCUT2D eigenvalue weighted by Crippen LogP contribution is -2.34. The summed E-state index contributed by atoms with van der Waals surface area (Å²) in [7, 11) is 0. The number of nitrogens with zero attached hydrogens (tertiary/aromatic N) is 1. The van der Waals surface area contributed by atoms with Crippen LogP contribution in [-0.2, 0) is 4.79 Å². The van der Waals surface area contributed by atoms with Crippen molar-refractivity contribution in [2.75, 3.05) is 26.2 Å². The first-order chi connectivity index (χ1) is 19.1. The van der Waals surface area contributed by atoms with Crippen LogP contribution < -0.4 is 5.32 Å². The van der Waals surface area contributed by atoms with Crippen molar-refractivity contribution in [3.05, 3.63) is 112 Å². The number of amides is 1. The monoisotopic (exact) mass is 559 g/mol. The molecule has 1 atom stereocenters. The third kappa shape index (κ3) is 7.33. The summed E-state index contributed by atoms with van der Waals surface area (Å²) in [6.45, 7) is 3.97. The zero-order valence-electron chi connectivity index (χ0n) is 22.1. The summed E-state index contributed by atoms with van der Waals surface area (Å²) in [5.74, 6) is 0.792. The number of likely N-dealkylation sites (tertiary alicyclic amines) is 1. The summed E-state index contributed by atoms with van der Waals surface area (Å²) in [6, 6.07) is 24.5. The van der Waals surface area contributed by atoms with Crippen LogP contribution in [0, 0.1) is 0 Å². The number of hydrogen-bond donors (Lipinski definition) is 2. The third-order valence-electron chi connectivity index (χ3n) is 7.84. The van der Waals surface area contributed by atoms with E-state index in [-0.39, 0.29) is 11.8 Å². The van der Waals surface area contributed by atoms with Crippen molar-refractivity contribution in [1.29, 1.82) is 0 Å². The molecule has 1 unspecified atom stereocenters. The molecule has 3 aromatic carbocycles. The first-order valence-corrected chi connectivity index (χ1v) is 14.6. The Morgan fingerprint density at radius 2 is 1.77 bits per heavy atom. The van der Waals surface area contributed by atoms with Crippen molar-refractivity contribution in [2.45, 2.75) is 37.5 Å². The van der Waals surface area contributed by atoms with E-state index in [0.29, 0.717) is 22.5 Å². The molecule has 1 aliphatic rings. The number of nitrogens with one attached hydrogen (secondary N) is 2. The summed E-state index contributed by atoms with van der Waals surface area (Å²) in [5.41, 5.74) is 4.81. The smallest absolute Gasteiger partial charge is 0.244 e. The highest BCUT2D eigenvalue weighted by molar-refractivity contribution is 6.42. The first kappa shape index (κ1) is 27.5. The third-order valence-corrected chi connectivity index (χ3v) is 8.58. The van der Waals surface area contributed by atoms with Crippen molar-refractivity contribution in [3.8, 4) is 0 Å². The number of carbonyl (C=O) groups is 1. The number of H-pyrrole nitrogens is 1. The molecule has 1 aliphatic heterocycles. The van der Waals surface area contributed by atoms with Crippen LogP contribution >= 0.6 is 23.2 Å². The Morgan fingerprint density at radius 3 is 2.56 bits per heavy atom. The van der Waals surface area contributed by atoms with Crippen molar-refractivity contribution >= 4 is 46.1 Å². The van der Waals surface area contributed by atoms with Gasteiger partial charge in [0.1, 0.15) is 0 Å². The standard InChI is InChI=1S/C33H35Cl2N3O/c34-30-14-12-24(21-31(30)35)13-15-33(39)37-22-27(25-7-2-1-3-8-25)9-6-18-38-19-16-26(17-20-38)29-23-36-32-11-5-4-10-28(29)32/h1-5,7-8,10-15,21,23,26-27,36H,6,9,16-20,22H2,(H,37,39)/b15-13+. The molecule has 0 aliphatic carbocycles. The molecule has 0 radical (unpaired) electrons. The molecule has 1 amide bonds. The Labute approximate surface area is 241 Å². The highest BCUT2D eigenvalue weighted by Crippen LogP contribution is 2.33. The van der Waals surface area contributed by atoms with E-state index in [4.69, 9.17) is 23.2 Å². The SMILES string of the molecule is O=C(/C=C/c1ccc(Cl)c(Cl)c1)NCC(CCCN1CCC(c2c[nH]c3ccccc23)CC1)c1ccccc1. The topological polar surface area (TPSA) is 48.1 Å². The number of fused-ring (bicyclic) bond motifs is 1. The van der Waals surface area contributed by atoms with Crippen LogP contribution in [-0.4, -0.2) is 42.0 Å². The molecule has 0 saturated carbocycles. The molecule has 202 valence electrons. The molecule has 5 rings (SSSR count). The maximum atomic E-state index is 12.6. The Hall–Kier alpha value is -3.05. The number of aromatic nitrogens is 1. The predicted molar refractivity (Wildman–Crippen MR) is 164 cm³/mol. The van der Waals surface area contributed by atoms with Crippen molar-refractivity contribution < 1.29 is 4.79 Å². The van der Waals surface area contributed by atoms with E-state index in [2.05, 4.69) is 69.9 Å². The number of benzene rings is 3. The molecular weight excluding hydrogens is 525 g/mol. The fraction of sp³-hybridized carbons (Fsp3) is 0.303. The van der Waals surface area contributed by atoms with E-state index in [9.17, 15) is 4.79 Å². The minimum Gasteiger partial charge on any atom is -0.361 e. The van der Waals surface area contributed by atoms with Crippen LogP contribution in [0.3, 0.4) is 0 Å².